The molecular weight excluding hydrogens is 364 g/mol. The Balaban J connectivity index is 1.63. The number of guanidine groups is 1. The summed E-state index contributed by atoms with van der Waals surface area (Å²) in [5, 5.41) is 11.9. The van der Waals surface area contributed by atoms with Crippen molar-refractivity contribution in [2.24, 2.45) is 12.0 Å². The number of nitrogens with zero attached hydrogens (tertiary/aromatic N) is 5. The van der Waals surface area contributed by atoms with Crippen molar-refractivity contribution < 1.29 is 4.74 Å². The Labute approximate surface area is 173 Å². The van der Waals surface area contributed by atoms with E-state index in [1.54, 1.807) is 7.11 Å². The predicted octanol–water partition coefficient (Wildman–Crippen LogP) is 2.79. The van der Waals surface area contributed by atoms with Gasteiger partial charge < -0.3 is 19.5 Å². The molecule has 1 N–H and O–H groups in total. The number of ether oxygens (including phenoxy) is 1. The van der Waals surface area contributed by atoms with Crippen LogP contribution in [0.2, 0.25) is 0 Å². The number of piperidine rings is 1. The molecule has 1 aromatic heterocycles. The minimum atomic E-state index is 0.521. The number of likely N-dealkylation sites (tertiary alicyclic amines) is 1. The molecule has 1 saturated heterocycles. The molecule has 7 heteroatoms. The molecule has 29 heavy (non-hydrogen) atoms. The quantitative estimate of drug-likeness (QED) is 0.443. The van der Waals surface area contributed by atoms with Gasteiger partial charge in [-0.3, -0.25) is 0 Å². The van der Waals surface area contributed by atoms with Gasteiger partial charge >= 0.3 is 0 Å². The molecule has 0 unspecified atom stereocenters. The summed E-state index contributed by atoms with van der Waals surface area (Å²) >= 11 is 0. The van der Waals surface area contributed by atoms with Crippen molar-refractivity contribution in [3.05, 3.63) is 53.1 Å². The fraction of sp³-hybridized carbons (Fsp3) is 0.500. The summed E-state index contributed by atoms with van der Waals surface area (Å²) < 4.78 is 7.15. The number of rotatable bonds is 7. The highest BCUT2D eigenvalue weighted by atomic mass is 16.5. The summed E-state index contributed by atoms with van der Waals surface area (Å²) in [6.07, 6.45) is 5.38. The van der Waals surface area contributed by atoms with E-state index in [1.165, 1.54) is 11.1 Å². The molecule has 1 aliphatic heterocycles. The van der Waals surface area contributed by atoms with Gasteiger partial charge in [0.1, 0.15) is 12.4 Å². The first-order valence-corrected chi connectivity index (χ1v) is 10.3. The van der Waals surface area contributed by atoms with Gasteiger partial charge in [-0.2, -0.15) is 0 Å². The van der Waals surface area contributed by atoms with E-state index in [4.69, 9.17) is 9.73 Å². The van der Waals surface area contributed by atoms with Gasteiger partial charge in [-0.25, -0.2) is 4.99 Å². The van der Waals surface area contributed by atoms with E-state index in [2.05, 4.69) is 56.8 Å². The van der Waals surface area contributed by atoms with Crippen LogP contribution in [0.15, 0.2) is 40.9 Å². The van der Waals surface area contributed by atoms with Crippen LogP contribution in [0.4, 0.5) is 0 Å². The van der Waals surface area contributed by atoms with Gasteiger partial charge in [0.2, 0.25) is 0 Å². The summed E-state index contributed by atoms with van der Waals surface area (Å²) in [5.41, 5.74) is 2.77. The van der Waals surface area contributed by atoms with E-state index in [0.29, 0.717) is 6.54 Å². The van der Waals surface area contributed by atoms with Crippen LogP contribution in [0.3, 0.4) is 0 Å². The summed E-state index contributed by atoms with van der Waals surface area (Å²) in [6.45, 7) is 5.99. The smallest absolute Gasteiger partial charge is 0.194 e. The molecular formula is C22H32N6O. The average molecular weight is 397 g/mol. The minimum Gasteiger partial charge on any atom is -0.385 e. The molecule has 0 bridgehead atoms. The Morgan fingerprint density at radius 1 is 1.21 bits per heavy atom. The maximum absolute atomic E-state index is 5.17. The minimum absolute atomic E-state index is 0.521. The van der Waals surface area contributed by atoms with Crippen LogP contribution in [0.5, 0.6) is 0 Å². The van der Waals surface area contributed by atoms with Crippen molar-refractivity contribution in [1.82, 2.24) is 25.0 Å². The Kier molecular flexibility index (Phi) is 7.81. The zero-order valence-corrected chi connectivity index (χ0v) is 17.8. The van der Waals surface area contributed by atoms with E-state index in [1.807, 2.05) is 18.5 Å². The highest BCUT2D eigenvalue weighted by Gasteiger charge is 2.18. The molecule has 0 atom stereocenters. The number of aromatic nitrogens is 3. The second kappa shape index (κ2) is 10.8. The van der Waals surface area contributed by atoms with Crippen molar-refractivity contribution in [3.8, 4) is 0 Å². The van der Waals surface area contributed by atoms with Gasteiger partial charge in [-0.1, -0.05) is 42.0 Å². The second-order valence-corrected chi connectivity index (χ2v) is 7.34. The molecule has 156 valence electrons. The van der Waals surface area contributed by atoms with Crippen LogP contribution in [0.1, 0.15) is 36.5 Å². The number of benzene rings is 1. The first-order chi connectivity index (χ1) is 14.2. The van der Waals surface area contributed by atoms with Gasteiger partial charge in [0.25, 0.3) is 0 Å². The van der Waals surface area contributed by atoms with E-state index >= 15 is 0 Å². The summed E-state index contributed by atoms with van der Waals surface area (Å²) in [4.78, 5) is 7.19. The lowest BCUT2D eigenvalue weighted by Crippen LogP contribution is -2.45. The number of nitrogens with one attached hydrogen (secondary N) is 1. The van der Waals surface area contributed by atoms with Gasteiger partial charge in [0.05, 0.1) is 0 Å². The normalized spacial score (nSPS) is 14.9. The maximum Gasteiger partial charge on any atom is 0.194 e. The van der Waals surface area contributed by atoms with Crippen LogP contribution in [0.25, 0.3) is 6.08 Å². The van der Waals surface area contributed by atoms with Gasteiger partial charge in [0.15, 0.2) is 11.8 Å². The van der Waals surface area contributed by atoms with Crippen LogP contribution in [-0.4, -0.2) is 59.0 Å². The van der Waals surface area contributed by atoms with E-state index in [0.717, 1.165) is 63.1 Å². The lowest BCUT2D eigenvalue weighted by Gasteiger charge is -2.31. The van der Waals surface area contributed by atoms with E-state index < -0.39 is 0 Å². The van der Waals surface area contributed by atoms with Gasteiger partial charge in [0, 0.05) is 40.4 Å². The fourth-order valence-electron chi connectivity index (χ4n) is 3.35. The van der Waals surface area contributed by atoms with Crippen molar-refractivity contribution in [1.29, 1.82) is 0 Å². The second-order valence-electron chi connectivity index (χ2n) is 7.34. The largest absolute Gasteiger partial charge is 0.385 e. The lowest BCUT2D eigenvalue weighted by molar-refractivity contribution is 0.195. The molecule has 1 fully saturated rings. The Hall–Kier alpha value is -2.67. The molecule has 2 aromatic rings. The number of aliphatic imine (C=N–C) groups is 1. The Morgan fingerprint density at radius 2 is 1.97 bits per heavy atom. The van der Waals surface area contributed by atoms with Crippen LogP contribution in [0, 0.1) is 6.92 Å². The SMILES string of the molecule is COCCCNC(=NCc1nnc(C)n1C)N1CCC(=Cc2ccccc2)CC1. The van der Waals surface area contributed by atoms with Crippen molar-refractivity contribution in [3.63, 3.8) is 0 Å². The number of hydrogen-bond acceptors (Lipinski definition) is 4. The summed E-state index contributed by atoms with van der Waals surface area (Å²) in [7, 11) is 3.71. The van der Waals surface area contributed by atoms with Gasteiger partial charge in [-0.05, 0) is 31.7 Å². The molecule has 1 aromatic carbocycles. The monoisotopic (exact) mass is 396 g/mol. The maximum atomic E-state index is 5.17. The summed E-state index contributed by atoms with van der Waals surface area (Å²) in [5.74, 6) is 2.72. The first-order valence-electron chi connectivity index (χ1n) is 10.3. The van der Waals surface area contributed by atoms with Crippen molar-refractivity contribution >= 4 is 12.0 Å². The highest BCUT2D eigenvalue weighted by molar-refractivity contribution is 5.80. The third-order valence-corrected chi connectivity index (χ3v) is 5.24. The van der Waals surface area contributed by atoms with E-state index in [-0.39, 0.29) is 0 Å². The van der Waals surface area contributed by atoms with Crippen molar-refractivity contribution in [2.75, 3.05) is 33.4 Å². The van der Waals surface area contributed by atoms with Crippen LogP contribution < -0.4 is 5.32 Å². The van der Waals surface area contributed by atoms with Crippen LogP contribution in [-0.2, 0) is 18.3 Å². The molecule has 0 amide bonds. The molecule has 0 radical (unpaired) electrons. The van der Waals surface area contributed by atoms with Gasteiger partial charge in [-0.15, -0.1) is 10.2 Å². The molecule has 0 spiro atoms. The first kappa shape index (κ1) is 21.0. The molecule has 3 rings (SSSR count). The average Bonchev–Trinajstić information content (AvgIpc) is 3.07. The van der Waals surface area contributed by atoms with Crippen LogP contribution >= 0.6 is 0 Å². The number of aryl methyl sites for hydroxylation is 1. The predicted molar refractivity (Wildman–Crippen MR) is 117 cm³/mol. The highest BCUT2D eigenvalue weighted by Crippen LogP contribution is 2.19. The zero-order chi connectivity index (χ0) is 20.5. The molecule has 0 saturated carbocycles. The topological polar surface area (TPSA) is 67.6 Å². The zero-order valence-electron chi connectivity index (χ0n) is 17.8. The Morgan fingerprint density at radius 3 is 2.62 bits per heavy atom. The molecule has 2 heterocycles. The molecule has 0 aliphatic carbocycles. The molecule has 1 aliphatic rings. The number of hydrogen-bond donors (Lipinski definition) is 1. The molecule has 7 nitrogen and oxygen atoms in total. The third-order valence-electron chi connectivity index (χ3n) is 5.24. The standard InChI is InChI=1S/C22H32N6O/c1-18-25-26-21(27(18)2)17-24-22(23-12-7-15-29-3)28-13-10-20(11-14-28)16-19-8-5-4-6-9-19/h4-6,8-9,16H,7,10-15,17H2,1-3H3,(H,23,24). The fourth-order valence-corrected chi connectivity index (χ4v) is 3.35. The Bertz CT molecular complexity index is 817. The summed E-state index contributed by atoms with van der Waals surface area (Å²) in [6, 6.07) is 10.6. The third kappa shape index (κ3) is 6.15. The van der Waals surface area contributed by atoms with E-state index in [9.17, 15) is 0 Å². The number of methoxy groups -OCH3 is 1. The lowest BCUT2D eigenvalue weighted by atomic mass is 10.0. The van der Waals surface area contributed by atoms with Crippen molar-refractivity contribution in [2.45, 2.75) is 32.7 Å².